The summed E-state index contributed by atoms with van der Waals surface area (Å²) in [4.78, 5) is 8.75. The van der Waals surface area contributed by atoms with Gasteiger partial charge >= 0.3 is 0 Å². The van der Waals surface area contributed by atoms with E-state index >= 15 is 0 Å². The van der Waals surface area contributed by atoms with E-state index in [9.17, 15) is 0 Å². The number of guanidine groups is 1. The van der Waals surface area contributed by atoms with Crippen LogP contribution in [0.4, 0.5) is 0 Å². The van der Waals surface area contributed by atoms with Crippen molar-refractivity contribution in [3.8, 4) is 11.5 Å². The second-order valence-corrected chi connectivity index (χ2v) is 6.55. The number of unbranched alkanes of at least 4 members (excludes halogenated alkanes) is 1. The van der Waals surface area contributed by atoms with Gasteiger partial charge in [-0.15, -0.1) is 0 Å². The summed E-state index contributed by atoms with van der Waals surface area (Å²) in [6.45, 7) is 3.57. The van der Waals surface area contributed by atoms with Crippen LogP contribution in [0.3, 0.4) is 0 Å². The molecule has 2 N–H and O–H groups in total. The number of aromatic nitrogens is 1. The molecule has 5 nitrogen and oxygen atoms in total. The van der Waals surface area contributed by atoms with Gasteiger partial charge in [0.15, 0.2) is 5.96 Å². The van der Waals surface area contributed by atoms with Crippen LogP contribution >= 0.6 is 11.8 Å². The maximum atomic E-state index is 5.57. The van der Waals surface area contributed by atoms with Gasteiger partial charge in [0.25, 0.3) is 0 Å². The van der Waals surface area contributed by atoms with Gasteiger partial charge in [-0.3, -0.25) is 4.99 Å². The van der Waals surface area contributed by atoms with Gasteiger partial charge in [-0.1, -0.05) is 17.7 Å². The Kier molecular flexibility index (Phi) is 7.68. The van der Waals surface area contributed by atoms with Crippen LogP contribution in [0.25, 0.3) is 11.5 Å². The standard InChI is InChI=1S/C18H26N4OS/c1-14-6-8-15(9-7-14)17-22-16(13-23-17)12-21-18(19-2)20-10-4-5-11-24-3/h6-9,13H,4-5,10-12H2,1-3H3,(H2,19,20,21). The zero-order valence-corrected chi connectivity index (χ0v) is 15.4. The average molecular weight is 347 g/mol. The van der Waals surface area contributed by atoms with Crippen molar-refractivity contribution in [2.75, 3.05) is 25.6 Å². The lowest BCUT2D eigenvalue weighted by Gasteiger charge is -2.10. The molecule has 0 aliphatic carbocycles. The lowest BCUT2D eigenvalue weighted by molar-refractivity contribution is 0.572. The highest BCUT2D eigenvalue weighted by molar-refractivity contribution is 7.98. The number of nitrogens with one attached hydrogen (secondary N) is 2. The Balaban J connectivity index is 1.80. The highest BCUT2D eigenvalue weighted by Crippen LogP contribution is 2.18. The molecule has 2 rings (SSSR count). The Labute approximate surface area is 148 Å². The van der Waals surface area contributed by atoms with E-state index in [1.54, 1.807) is 13.3 Å². The van der Waals surface area contributed by atoms with Crippen LogP contribution < -0.4 is 10.6 Å². The molecule has 0 bridgehead atoms. The Bertz CT molecular complexity index is 637. The third-order valence-electron chi connectivity index (χ3n) is 3.58. The number of hydrogen-bond acceptors (Lipinski definition) is 4. The van der Waals surface area contributed by atoms with Crippen molar-refractivity contribution in [2.24, 2.45) is 4.99 Å². The van der Waals surface area contributed by atoms with Crippen LogP contribution in [-0.4, -0.2) is 36.5 Å². The molecule has 1 aromatic carbocycles. The first-order valence-corrected chi connectivity index (χ1v) is 9.57. The van der Waals surface area contributed by atoms with Crippen molar-refractivity contribution >= 4 is 17.7 Å². The quantitative estimate of drug-likeness (QED) is 0.435. The molecule has 24 heavy (non-hydrogen) atoms. The zero-order chi connectivity index (χ0) is 17.2. The van der Waals surface area contributed by atoms with Gasteiger partial charge in [-0.25, -0.2) is 4.98 Å². The average Bonchev–Trinajstić information content (AvgIpc) is 3.07. The number of thioether (sulfide) groups is 1. The second kappa shape index (κ2) is 10.0. The fraction of sp³-hybridized carbons (Fsp3) is 0.444. The molecular weight excluding hydrogens is 320 g/mol. The van der Waals surface area contributed by atoms with Gasteiger partial charge in [-0.2, -0.15) is 11.8 Å². The minimum absolute atomic E-state index is 0.583. The van der Waals surface area contributed by atoms with E-state index in [0.717, 1.165) is 30.2 Å². The largest absolute Gasteiger partial charge is 0.444 e. The maximum Gasteiger partial charge on any atom is 0.226 e. The van der Waals surface area contributed by atoms with Crippen molar-refractivity contribution in [3.63, 3.8) is 0 Å². The van der Waals surface area contributed by atoms with E-state index in [4.69, 9.17) is 4.42 Å². The maximum absolute atomic E-state index is 5.57. The molecule has 0 spiro atoms. The number of oxazole rings is 1. The lowest BCUT2D eigenvalue weighted by atomic mass is 10.1. The molecule has 1 heterocycles. The van der Waals surface area contributed by atoms with Crippen molar-refractivity contribution in [1.29, 1.82) is 0 Å². The van der Waals surface area contributed by atoms with Gasteiger partial charge in [0, 0.05) is 19.2 Å². The topological polar surface area (TPSA) is 62.5 Å². The molecular formula is C18H26N4OS. The summed E-state index contributed by atoms with van der Waals surface area (Å²) in [5.41, 5.74) is 3.07. The Hall–Kier alpha value is -1.95. The number of rotatable bonds is 8. The second-order valence-electron chi connectivity index (χ2n) is 5.56. The first-order valence-electron chi connectivity index (χ1n) is 8.18. The fourth-order valence-electron chi connectivity index (χ4n) is 2.19. The van der Waals surface area contributed by atoms with E-state index < -0.39 is 0 Å². The normalized spacial score (nSPS) is 11.5. The Morgan fingerprint density at radius 3 is 2.71 bits per heavy atom. The van der Waals surface area contributed by atoms with Crippen LogP contribution in [0.5, 0.6) is 0 Å². The summed E-state index contributed by atoms with van der Waals surface area (Å²) in [7, 11) is 1.78. The molecule has 0 saturated heterocycles. The molecule has 0 unspecified atom stereocenters. The predicted octanol–water partition coefficient (Wildman–Crippen LogP) is 3.46. The summed E-state index contributed by atoms with van der Waals surface area (Å²) in [6, 6.07) is 8.15. The van der Waals surface area contributed by atoms with Gasteiger partial charge in [0.2, 0.25) is 5.89 Å². The minimum Gasteiger partial charge on any atom is -0.444 e. The summed E-state index contributed by atoms with van der Waals surface area (Å²) in [6.07, 6.45) is 6.18. The summed E-state index contributed by atoms with van der Waals surface area (Å²) >= 11 is 1.88. The van der Waals surface area contributed by atoms with Gasteiger partial charge in [0.1, 0.15) is 6.26 Å². The molecule has 0 amide bonds. The first kappa shape index (κ1) is 18.4. The van der Waals surface area contributed by atoms with Crippen LogP contribution in [0.2, 0.25) is 0 Å². The van der Waals surface area contributed by atoms with E-state index in [-0.39, 0.29) is 0 Å². The van der Waals surface area contributed by atoms with E-state index in [1.807, 2.05) is 23.9 Å². The molecule has 0 aliphatic heterocycles. The monoisotopic (exact) mass is 346 g/mol. The van der Waals surface area contributed by atoms with Gasteiger partial charge in [0.05, 0.1) is 12.2 Å². The van der Waals surface area contributed by atoms with E-state index in [0.29, 0.717) is 12.4 Å². The lowest BCUT2D eigenvalue weighted by Crippen LogP contribution is -2.37. The zero-order valence-electron chi connectivity index (χ0n) is 14.6. The number of nitrogens with zero attached hydrogens (tertiary/aromatic N) is 2. The molecule has 6 heteroatoms. The van der Waals surface area contributed by atoms with Crippen molar-refractivity contribution in [2.45, 2.75) is 26.3 Å². The number of aliphatic imine (C=N–C) groups is 1. The predicted molar refractivity (Wildman–Crippen MR) is 102 cm³/mol. The van der Waals surface area contributed by atoms with Crippen LogP contribution in [0.15, 0.2) is 39.9 Å². The fourth-order valence-corrected chi connectivity index (χ4v) is 2.68. The van der Waals surface area contributed by atoms with Crippen LogP contribution in [-0.2, 0) is 6.54 Å². The first-order chi connectivity index (χ1) is 11.7. The summed E-state index contributed by atoms with van der Waals surface area (Å²) in [5, 5.41) is 6.58. The molecule has 0 saturated carbocycles. The Morgan fingerprint density at radius 2 is 2.00 bits per heavy atom. The molecule has 0 aliphatic rings. The summed E-state index contributed by atoms with van der Waals surface area (Å²) < 4.78 is 5.57. The van der Waals surface area contributed by atoms with Gasteiger partial charge < -0.3 is 15.1 Å². The smallest absolute Gasteiger partial charge is 0.226 e. The number of aryl methyl sites for hydroxylation is 1. The number of benzene rings is 1. The molecule has 1 aromatic heterocycles. The molecule has 0 atom stereocenters. The van der Waals surface area contributed by atoms with E-state index in [1.165, 1.54) is 17.7 Å². The van der Waals surface area contributed by atoms with Crippen LogP contribution in [0.1, 0.15) is 24.1 Å². The minimum atomic E-state index is 0.583. The molecule has 0 radical (unpaired) electrons. The van der Waals surface area contributed by atoms with Crippen molar-refractivity contribution < 1.29 is 4.42 Å². The van der Waals surface area contributed by atoms with Crippen molar-refractivity contribution in [1.82, 2.24) is 15.6 Å². The SMILES string of the molecule is CN=C(NCCCCSC)NCc1coc(-c2ccc(C)cc2)n1. The van der Waals surface area contributed by atoms with Gasteiger partial charge in [-0.05, 0) is 43.9 Å². The highest BCUT2D eigenvalue weighted by atomic mass is 32.2. The molecule has 0 fully saturated rings. The number of hydrogen-bond donors (Lipinski definition) is 2. The molecule has 2 aromatic rings. The Morgan fingerprint density at radius 1 is 1.21 bits per heavy atom. The highest BCUT2D eigenvalue weighted by Gasteiger charge is 2.07. The van der Waals surface area contributed by atoms with Crippen molar-refractivity contribution in [3.05, 3.63) is 41.8 Å². The molecule has 130 valence electrons. The third-order valence-corrected chi connectivity index (χ3v) is 4.28. The van der Waals surface area contributed by atoms with Crippen LogP contribution in [0, 0.1) is 6.92 Å². The third kappa shape index (κ3) is 5.92. The van der Waals surface area contributed by atoms with E-state index in [2.05, 4.69) is 45.9 Å². The summed E-state index contributed by atoms with van der Waals surface area (Å²) in [5.74, 6) is 2.64.